The van der Waals surface area contributed by atoms with Crippen molar-refractivity contribution >= 4 is 11.8 Å². The van der Waals surface area contributed by atoms with Crippen LogP contribution in [-0.4, -0.2) is 49.1 Å². The number of ether oxygens (including phenoxy) is 2. The van der Waals surface area contributed by atoms with E-state index in [9.17, 15) is 9.59 Å². The third-order valence-electron chi connectivity index (χ3n) is 5.85. The van der Waals surface area contributed by atoms with Gasteiger partial charge in [-0.1, -0.05) is 19.3 Å². The van der Waals surface area contributed by atoms with E-state index in [1.165, 1.54) is 19.3 Å². The number of rotatable bonds is 6. The molecule has 1 heterocycles. The summed E-state index contributed by atoms with van der Waals surface area (Å²) in [5.41, 5.74) is 0. The van der Waals surface area contributed by atoms with Crippen molar-refractivity contribution in [3.8, 4) is 11.5 Å². The zero-order chi connectivity index (χ0) is 19.9. The largest absolute Gasteiger partial charge is 0.497 e. The van der Waals surface area contributed by atoms with E-state index in [1.807, 2.05) is 4.90 Å². The molecule has 1 aliphatic heterocycles. The minimum absolute atomic E-state index is 0.102. The lowest BCUT2D eigenvalue weighted by molar-refractivity contribution is -0.137. The highest BCUT2D eigenvalue weighted by Crippen LogP contribution is 2.26. The molecular formula is C22H32N2O4. The first-order valence-electron chi connectivity index (χ1n) is 10.5. The van der Waals surface area contributed by atoms with Crippen LogP contribution < -0.4 is 14.8 Å². The second-order valence-electron chi connectivity index (χ2n) is 7.88. The summed E-state index contributed by atoms with van der Waals surface area (Å²) in [7, 11) is 1.61. The number of carbonyl (C=O) groups excluding carboxylic acids is 2. The zero-order valence-electron chi connectivity index (χ0n) is 17.0. The topological polar surface area (TPSA) is 67.9 Å². The van der Waals surface area contributed by atoms with Crippen LogP contribution in [0.2, 0.25) is 0 Å². The molecule has 1 saturated heterocycles. The first-order chi connectivity index (χ1) is 13.6. The molecule has 3 rings (SSSR count). The molecule has 6 nitrogen and oxygen atoms in total. The lowest BCUT2D eigenvalue weighted by Crippen LogP contribution is -2.50. The van der Waals surface area contributed by atoms with Gasteiger partial charge in [0.2, 0.25) is 5.91 Å². The van der Waals surface area contributed by atoms with Gasteiger partial charge in [0, 0.05) is 25.0 Å². The van der Waals surface area contributed by atoms with Crippen molar-refractivity contribution in [1.29, 1.82) is 0 Å². The summed E-state index contributed by atoms with van der Waals surface area (Å²) in [5.74, 6) is 1.81. The molecule has 1 aromatic rings. The molecule has 1 unspecified atom stereocenters. The normalized spacial score (nSPS) is 19.7. The Morgan fingerprint density at radius 3 is 2.21 bits per heavy atom. The van der Waals surface area contributed by atoms with Gasteiger partial charge in [0.1, 0.15) is 11.5 Å². The van der Waals surface area contributed by atoms with Crippen molar-refractivity contribution in [3.63, 3.8) is 0 Å². The number of methoxy groups -OCH3 is 1. The Morgan fingerprint density at radius 1 is 1.00 bits per heavy atom. The van der Waals surface area contributed by atoms with Gasteiger partial charge in [0.05, 0.1) is 7.11 Å². The molecule has 0 radical (unpaired) electrons. The van der Waals surface area contributed by atoms with E-state index in [0.717, 1.165) is 44.5 Å². The van der Waals surface area contributed by atoms with Gasteiger partial charge < -0.3 is 19.7 Å². The van der Waals surface area contributed by atoms with Gasteiger partial charge in [-0.3, -0.25) is 9.59 Å². The number of hydrogen-bond donors (Lipinski definition) is 1. The SMILES string of the molecule is COc1ccc(OC(C)C(=O)NC2CCN(C(=O)C3CCCCC3)CC2)cc1. The standard InChI is InChI=1S/C22H32N2O4/c1-16(28-20-10-8-19(27-2)9-11-20)21(25)23-18-12-14-24(15-13-18)22(26)17-6-4-3-5-7-17/h8-11,16-18H,3-7,12-15H2,1-2H3,(H,23,25). The highest BCUT2D eigenvalue weighted by Gasteiger charge is 2.30. The number of carbonyl (C=O) groups is 2. The van der Waals surface area contributed by atoms with Gasteiger partial charge in [-0.2, -0.15) is 0 Å². The highest BCUT2D eigenvalue weighted by atomic mass is 16.5. The number of hydrogen-bond acceptors (Lipinski definition) is 4. The van der Waals surface area contributed by atoms with Gasteiger partial charge in [0.25, 0.3) is 5.91 Å². The number of nitrogens with one attached hydrogen (secondary N) is 1. The van der Waals surface area contributed by atoms with E-state index in [4.69, 9.17) is 9.47 Å². The third-order valence-corrected chi connectivity index (χ3v) is 5.85. The third kappa shape index (κ3) is 5.40. The summed E-state index contributed by atoms with van der Waals surface area (Å²) in [6.07, 6.45) is 6.72. The minimum Gasteiger partial charge on any atom is -0.497 e. The summed E-state index contributed by atoms with van der Waals surface area (Å²) < 4.78 is 10.8. The second kappa shape index (κ2) is 9.80. The van der Waals surface area contributed by atoms with Gasteiger partial charge in [-0.25, -0.2) is 0 Å². The van der Waals surface area contributed by atoms with Crippen molar-refractivity contribution in [2.75, 3.05) is 20.2 Å². The van der Waals surface area contributed by atoms with Crippen LogP contribution in [0.4, 0.5) is 0 Å². The van der Waals surface area contributed by atoms with Crippen LogP contribution in [0.5, 0.6) is 11.5 Å². The lowest BCUT2D eigenvalue weighted by Gasteiger charge is -2.35. The average Bonchev–Trinajstić information content (AvgIpc) is 2.75. The van der Waals surface area contributed by atoms with Gasteiger partial charge in [-0.05, 0) is 56.9 Å². The summed E-state index contributed by atoms with van der Waals surface area (Å²) >= 11 is 0. The maximum atomic E-state index is 12.6. The van der Waals surface area contributed by atoms with Crippen molar-refractivity contribution in [3.05, 3.63) is 24.3 Å². The van der Waals surface area contributed by atoms with E-state index >= 15 is 0 Å². The minimum atomic E-state index is -0.574. The molecule has 1 saturated carbocycles. The van der Waals surface area contributed by atoms with Crippen LogP contribution in [0.25, 0.3) is 0 Å². The van der Waals surface area contributed by atoms with Gasteiger partial charge in [0.15, 0.2) is 6.10 Å². The Bertz CT molecular complexity index is 647. The molecule has 0 spiro atoms. The highest BCUT2D eigenvalue weighted by molar-refractivity contribution is 5.81. The number of likely N-dealkylation sites (tertiary alicyclic amines) is 1. The molecule has 1 aliphatic carbocycles. The Kier molecular flexibility index (Phi) is 7.18. The molecule has 2 aliphatic rings. The second-order valence-corrected chi connectivity index (χ2v) is 7.88. The molecule has 1 aromatic carbocycles. The van der Waals surface area contributed by atoms with E-state index in [2.05, 4.69) is 5.32 Å². The predicted molar refractivity (Wildman–Crippen MR) is 107 cm³/mol. The summed E-state index contributed by atoms with van der Waals surface area (Å²) in [6, 6.07) is 7.29. The fourth-order valence-corrected chi connectivity index (χ4v) is 4.08. The molecule has 28 heavy (non-hydrogen) atoms. The van der Waals surface area contributed by atoms with E-state index in [0.29, 0.717) is 11.7 Å². The zero-order valence-corrected chi connectivity index (χ0v) is 17.0. The molecule has 6 heteroatoms. The van der Waals surface area contributed by atoms with Crippen LogP contribution in [-0.2, 0) is 9.59 Å². The molecule has 2 fully saturated rings. The Labute approximate surface area is 167 Å². The molecule has 154 valence electrons. The molecule has 0 bridgehead atoms. The fourth-order valence-electron chi connectivity index (χ4n) is 4.08. The van der Waals surface area contributed by atoms with Crippen LogP contribution >= 0.6 is 0 Å². The summed E-state index contributed by atoms with van der Waals surface area (Å²) in [5, 5.41) is 3.07. The van der Waals surface area contributed by atoms with Gasteiger partial charge in [-0.15, -0.1) is 0 Å². The van der Waals surface area contributed by atoms with E-state index < -0.39 is 6.10 Å². The molecular weight excluding hydrogens is 356 g/mol. The van der Waals surface area contributed by atoms with E-state index in [-0.39, 0.29) is 17.9 Å². The van der Waals surface area contributed by atoms with Crippen LogP contribution in [0.3, 0.4) is 0 Å². The first kappa shape index (κ1) is 20.5. The number of nitrogens with zero attached hydrogens (tertiary/aromatic N) is 1. The fraction of sp³-hybridized carbons (Fsp3) is 0.636. The molecule has 1 N–H and O–H groups in total. The number of piperidine rings is 1. The summed E-state index contributed by atoms with van der Waals surface area (Å²) in [4.78, 5) is 27.1. The Hall–Kier alpha value is -2.24. The lowest BCUT2D eigenvalue weighted by atomic mass is 9.87. The number of benzene rings is 1. The van der Waals surface area contributed by atoms with Crippen molar-refractivity contribution in [2.45, 2.75) is 64.0 Å². The Balaban J connectivity index is 1.41. The molecule has 0 aromatic heterocycles. The first-order valence-corrected chi connectivity index (χ1v) is 10.5. The molecule has 2 amide bonds. The van der Waals surface area contributed by atoms with Crippen LogP contribution in [0.1, 0.15) is 51.9 Å². The van der Waals surface area contributed by atoms with Crippen molar-refractivity contribution in [2.24, 2.45) is 5.92 Å². The maximum Gasteiger partial charge on any atom is 0.260 e. The predicted octanol–water partition coefficient (Wildman–Crippen LogP) is 3.15. The maximum absolute atomic E-state index is 12.6. The summed E-state index contributed by atoms with van der Waals surface area (Å²) in [6.45, 7) is 3.21. The molecule has 1 atom stereocenters. The quantitative estimate of drug-likeness (QED) is 0.813. The number of amides is 2. The van der Waals surface area contributed by atoms with Gasteiger partial charge >= 0.3 is 0 Å². The average molecular weight is 389 g/mol. The van der Waals surface area contributed by atoms with Crippen molar-refractivity contribution in [1.82, 2.24) is 10.2 Å². The van der Waals surface area contributed by atoms with Crippen LogP contribution in [0.15, 0.2) is 24.3 Å². The van der Waals surface area contributed by atoms with Crippen molar-refractivity contribution < 1.29 is 19.1 Å². The Morgan fingerprint density at radius 2 is 1.61 bits per heavy atom. The smallest absolute Gasteiger partial charge is 0.260 e. The van der Waals surface area contributed by atoms with Crippen LogP contribution in [0, 0.1) is 5.92 Å². The van der Waals surface area contributed by atoms with E-state index in [1.54, 1.807) is 38.3 Å². The monoisotopic (exact) mass is 388 g/mol.